The number of rotatable bonds is 7. The van der Waals surface area contributed by atoms with E-state index in [1.807, 2.05) is 0 Å². The Morgan fingerprint density at radius 2 is 1.62 bits per heavy atom. The second kappa shape index (κ2) is 6.27. The van der Waals surface area contributed by atoms with Crippen LogP contribution >= 0.6 is 11.8 Å². The Bertz CT molecular complexity index is 200. The van der Waals surface area contributed by atoms with E-state index in [2.05, 4.69) is 41.5 Å². The molecule has 0 bridgehead atoms. The number of hydrogen-bond donors (Lipinski definition) is 2. The molecule has 0 saturated carbocycles. The molecule has 0 rings (SSSR count). The van der Waals surface area contributed by atoms with Crippen molar-refractivity contribution in [2.45, 2.75) is 58.8 Å². The van der Waals surface area contributed by atoms with Gasteiger partial charge in [-0.2, -0.15) is 11.8 Å². The molecule has 2 nitrogen and oxygen atoms in total. The molecule has 0 aromatic heterocycles. The van der Waals surface area contributed by atoms with Crippen molar-refractivity contribution < 1.29 is 10.2 Å². The summed E-state index contributed by atoms with van der Waals surface area (Å²) in [6.07, 6.45) is 0.520. The van der Waals surface area contributed by atoms with E-state index in [1.54, 1.807) is 11.8 Å². The van der Waals surface area contributed by atoms with Crippen molar-refractivity contribution in [3.63, 3.8) is 0 Å². The van der Waals surface area contributed by atoms with Gasteiger partial charge in [0.2, 0.25) is 0 Å². The number of aliphatic hydroxyl groups excluding tert-OH is 2. The quantitative estimate of drug-likeness (QED) is 0.728. The van der Waals surface area contributed by atoms with Crippen LogP contribution in [0.25, 0.3) is 0 Å². The van der Waals surface area contributed by atoms with Crippen LogP contribution in [0.5, 0.6) is 0 Å². The summed E-state index contributed by atoms with van der Waals surface area (Å²) in [6, 6.07) is 0. The van der Waals surface area contributed by atoms with Crippen molar-refractivity contribution in [2.75, 3.05) is 12.4 Å². The zero-order chi connectivity index (χ0) is 13.0. The number of thioether (sulfide) groups is 1. The van der Waals surface area contributed by atoms with E-state index in [0.29, 0.717) is 17.1 Å². The van der Waals surface area contributed by atoms with Gasteiger partial charge in [-0.05, 0) is 17.8 Å². The van der Waals surface area contributed by atoms with E-state index in [4.69, 9.17) is 5.11 Å². The lowest BCUT2D eigenvalue weighted by atomic mass is 9.75. The van der Waals surface area contributed by atoms with Crippen LogP contribution < -0.4 is 0 Å². The number of aliphatic hydroxyl groups is 2. The zero-order valence-corrected chi connectivity index (χ0v) is 12.4. The molecular formula is C13H28O2S. The molecule has 0 aliphatic heterocycles. The molecule has 0 spiro atoms. The lowest BCUT2D eigenvalue weighted by Crippen LogP contribution is -2.31. The molecule has 0 heterocycles. The molecule has 0 aromatic carbocycles. The van der Waals surface area contributed by atoms with Gasteiger partial charge in [-0.1, -0.05) is 41.5 Å². The van der Waals surface area contributed by atoms with E-state index < -0.39 is 6.10 Å². The first-order valence-electron chi connectivity index (χ1n) is 6.03. The maximum atomic E-state index is 9.36. The van der Waals surface area contributed by atoms with Gasteiger partial charge in [0.1, 0.15) is 0 Å². The Morgan fingerprint density at radius 3 is 2.00 bits per heavy atom. The molecule has 0 radical (unpaired) electrons. The van der Waals surface area contributed by atoms with Crippen molar-refractivity contribution >= 4 is 11.8 Å². The highest BCUT2D eigenvalue weighted by atomic mass is 32.2. The minimum atomic E-state index is -0.591. The summed E-state index contributed by atoms with van der Waals surface area (Å²) in [5.41, 5.74) is 0.306. The Morgan fingerprint density at radius 1 is 1.12 bits per heavy atom. The topological polar surface area (TPSA) is 40.5 Å². The summed E-state index contributed by atoms with van der Waals surface area (Å²) >= 11 is 1.75. The van der Waals surface area contributed by atoms with E-state index in [0.717, 1.165) is 6.42 Å². The van der Waals surface area contributed by atoms with Crippen LogP contribution in [0.1, 0.15) is 48.0 Å². The van der Waals surface area contributed by atoms with Crippen LogP contribution in [0, 0.1) is 11.3 Å². The molecule has 16 heavy (non-hydrogen) atoms. The van der Waals surface area contributed by atoms with Crippen molar-refractivity contribution in [2.24, 2.45) is 11.3 Å². The number of hydrogen-bond acceptors (Lipinski definition) is 3. The highest BCUT2D eigenvalue weighted by Crippen LogP contribution is 2.41. The van der Waals surface area contributed by atoms with Gasteiger partial charge in [-0.3, -0.25) is 0 Å². The molecule has 0 saturated heterocycles. The molecular weight excluding hydrogens is 220 g/mol. The van der Waals surface area contributed by atoms with Gasteiger partial charge in [0.05, 0.1) is 12.7 Å². The average Bonchev–Trinajstić information content (AvgIpc) is 2.12. The molecule has 2 N–H and O–H groups in total. The normalized spacial score (nSPS) is 15.6. The molecule has 0 aliphatic carbocycles. The zero-order valence-electron chi connectivity index (χ0n) is 11.6. The van der Waals surface area contributed by atoms with Gasteiger partial charge >= 0.3 is 0 Å². The smallest absolute Gasteiger partial charge is 0.0861 e. The molecule has 3 heteroatoms. The molecule has 1 unspecified atom stereocenters. The maximum absolute atomic E-state index is 9.36. The first kappa shape index (κ1) is 16.3. The van der Waals surface area contributed by atoms with Crippen molar-refractivity contribution in [1.29, 1.82) is 0 Å². The Labute approximate surface area is 105 Å². The van der Waals surface area contributed by atoms with E-state index >= 15 is 0 Å². The minimum absolute atomic E-state index is 0.142. The van der Waals surface area contributed by atoms with Crippen LogP contribution in [0.15, 0.2) is 0 Å². The van der Waals surface area contributed by atoms with E-state index in [9.17, 15) is 5.11 Å². The van der Waals surface area contributed by atoms with Crippen LogP contribution in [0.4, 0.5) is 0 Å². The van der Waals surface area contributed by atoms with Gasteiger partial charge in [0.15, 0.2) is 0 Å². The second-order valence-electron chi connectivity index (χ2n) is 6.23. The summed E-state index contributed by atoms with van der Waals surface area (Å²) in [4.78, 5) is 0. The highest BCUT2D eigenvalue weighted by Gasteiger charge is 2.31. The fraction of sp³-hybridized carbons (Fsp3) is 1.00. The van der Waals surface area contributed by atoms with Crippen molar-refractivity contribution in [3.05, 3.63) is 0 Å². The summed E-state index contributed by atoms with van der Waals surface area (Å²) in [5.74, 6) is 1.26. The third-order valence-corrected chi connectivity index (χ3v) is 4.80. The van der Waals surface area contributed by atoms with Gasteiger partial charge in [-0.25, -0.2) is 0 Å². The van der Waals surface area contributed by atoms with Gasteiger partial charge in [0, 0.05) is 10.5 Å². The largest absolute Gasteiger partial charge is 0.394 e. The molecule has 0 aliphatic rings. The standard InChI is InChI=1S/C13H28O2S/c1-10(2)12(3,4)9-13(5,6)16-8-11(15)7-14/h10-11,14-15H,7-9H2,1-6H3. The van der Waals surface area contributed by atoms with E-state index in [1.165, 1.54) is 0 Å². The monoisotopic (exact) mass is 248 g/mol. The predicted octanol–water partition coefficient (Wildman–Crippen LogP) is 2.92. The molecule has 98 valence electrons. The summed E-state index contributed by atoms with van der Waals surface area (Å²) in [6.45, 7) is 13.4. The third-order valence-electron chi connectivity index (χ3n) is 3.32. The Balaban J connectivity index is 4.23. The van der Waals surface area contributed by atoms with Gasteiger partial charge in [0.25, 0.3) is 0 Å². The van der Waals surface area contributed by atoms with Crippen LogP contribution in [-0.4, -0.2) is 33.4 Å². The molecule has 1 atom stereocenters. The minimum Gasteiger partial charge on any atom is -0.394 e. The summed E-state index contributed by atoms with van der Waals surface area (Å²) in [7, 11) is 0. The fourth-order valence-corrected chi connectivity index (χ4v) is 2.95. The predicted molar refractivity (Wildman–Crippen MR) is 72.9 cm³/mol. The van der Waals surface area contributed by atoms with Gasteiger partial charge in [-0.15, -0.1) is 0 Å². The van der Waals surface area contributed by atoms with Crippen molar-refractivity contribution in [3.8, 4) is 0 Å². The first-order chi connectivity index (χ1) is 7.10. The first-order valence-corrected chi connectivity index (χ1v) is 7.02. The van der Waals surface area contributed by atoms with Crippen molar-refractivity contribution in [1.82, 2.24) is 0 Å². The SMILES string of the molecule is CC(C)C(C)(C)CC(C)(C)SCC(O)CO. The van der Waals surface area contributed by atoms with E-state index in [-0.39, 0.29) is 11.4 Å². The fourth-order valence-electron chi connectivity index (χ4n) is 1.73. The summed E-state index contributed by atoms with van der Waals surface area (Å²) < 4.78 is 0.143. The highest BCUT2D eigenvalue weighted by molar-refractivity contribution is 8.00. The van der Waals surface area contributed by atoms with Crippen LogP contribution in [0.2, 0.25) is 0 Å². The lowest BCUT2D eigenvalue weighted by Gasteiger charge is -2.37. The van der Waals surface area contributed by atoms with Crippen LogP contribution in [0.3, 0.4) is 0 Å². The summed E-state index contributed by atoms with van der Waals surface area (Å²) in [5, 5.41) is 18.1. The Kier molecular flexibility index (Phi) is 6.38. The second-order valence-corrected chi connectivity index (χ2v) is 7.95. The maximum Gasteiger partial charge on any atom is 0.0861 e. The molecule has 0 fully saturated rings. The third kappa shape index (κ3) is 6.12. The lowest BCUT2D eigenvalue weighted by molar-refractivity contribution is 0.113. The molecule has 0 aromatic rings. The van der Waals surface area contributed by atoms with Gasteiger partial charge < -0.3 is 10.2 Å². The average molecular weight is 248 g/mol. The Hall–Kier alpha value is 0.270. The molecule has 0 amide bonds. The van der Waals surface area contributed by atoms with Crippen LogP contribution in [-0.2, 0) is 0 Å².